The zero-order chi connectivity index (χ0) is 13.4. The molecule has 108 valence electrons. The molecule has 1 saturated heterocycles. The van der Waals surface area contributed by atoms with Gasteiger partial charge in [0.05, 0.1) is 6.10 Å². The number of rotatable bonds is 8. The molecule has 0 aromatic carbocycles. The third-order valence-corrected chi connectivity index (χ3v) is 4.35. The molecule has 5 heteroatoms. The molecule has 0 saturated carbocycles. The first kappa shape index (κ1) is 16.2. The fourth-order valence-corrected chi connectivity index (χ4v) is 3.36. The summed E-state index contributed by atoms with van der Waals surface area (Å²) in [6.45, 7) is 8.02. The number of nitrogens with zero attached hydrogens (tertiary/aromatic N) is 2. The van der Waals surface area contributed by atoms with E-state index in [1.807, 2.05) is 11.8 Å². The highest BCUT2D eigenvalue weighted by Gasteiger charge is 2.18. The third kappa shape index (κ3) is 5.89. The maximum absolute atomic E-state index is 10.2. The summed E-state index contributed by atoms with van der Waals surface area (Å²) in [7, 11) is 2.13. The van der Waals surface area contributed by atoms with Gasteiger partial charge in [0.25, 0.3) is 0 Å². The van der Waals surface area contributed by atoms with Crippen molar-refractivity contribution in [3.8, 4) is 0 Å². The first-order valence-electron chi connectivity index (χ1n) is 6.97. The number of hydrogen-bond acceptors (Lipinski definition) is 5. The van der Waals surface area contributed by atoms with Gasteiger partial charge < -0.3 is 10.4 Å². The van der Waals surface area contributed by atoms with E-state index in [0.717, 1.165) is 51.4 Å². The quantitative estimate of drug-likeness (QED) is 0.668. The maximum Gasteiger partial charge on any atom is 0.0793 e. The highest BCUT2D eigenvalue weighted by atomic mass is 32.2. The van der Waals surface area contributed by atoms with Crippen LogP contribution in [-0.2, 0) is 0 Å². The van der Waals surface area contributed by atoms with Gasteiger partial charge in [0.2, 0.25) is 0 Å². The van der Waals surface area contributed by atoms with E-state index in [2.05, 4.69) is 35.3 Å². The second kappa shape index (κ2) is 9.15. The molecule has 0 aromatic rings. The van der Waals surface area contributed by atoms with Crippen LogP contribution < -0.4 is 5.32 Å². The molecular formula is C13H29N3OS. The summed E-state index contributed by atoms with van der Waals surface area (Å²) in [5.41, 5.74) is 0. The Morgan fingerprint density at radius 3 is 2.61 bits per heavy atom. The SMILES string of the molecule is CCC(CSC)N(C)CC(O)CN1CCNCC1. The smallest absolute Gasteiger partial charge is 0.0793 e. The minimum absolute atomic E-state index is 0.232. The topological polar surface area (TPSA) is 38.7 Å². The van der Waals surface area contributed by atoms with Crippen LogP contribution in [0.5, 0.6) is 0 Å². The lowest BCUT2D eigenvalue weighted by Gasteiger charge is -2.32. The highest BCUT2D eigenvalue weighted by Crippen LogP contribution is 2.09. The monoisotopic (exact) mass is 275 g/mol. The van der Waals surface area contributed by atoms with E-state index in [1.165, 1.54) is 0 Å². The van der Waals surface area contributed by atoms with Crippen LogP contribution >= 0.6 is 11.8 Å². The van der Waals surface area contributed by atoms with E-state index >= 15 is 0 Å². The zero-order valence-corrected chi connectivity index (χ0v) is 12.9. The molecule has 0 radical (unpaired) electrons. The molecular weight excluding hydrogens is 246 g/mol. The van der Waals surface area contributed by atoms with Gasteiger partial charge in [-0.25, -0.2) is 0 Å². The van der Waals surface area contributed by atoms with Gasteiger partial charge in [-0.3, -0.25) is 9.80 Å². The number of β-amino-alcohol motifs (C(OH)–C–C–N with tert-alkyl or cyclic N) is 1. The van der Waals surface area contributed by atoms with Gasteiger partial charge in [-0.05, 0) is 19.7 Å². The van der Waals surface area contributed by atoms with E-state index < -0.39 is 0 Å². The van der Waals surface area contributed by atoms with Crippen molar-refractivity contribution in [1.82, 2.24) is 15.1 Å². The van der Waals surface area contributed by atoms with Gasteiger partial charge in [0, 0.05) is 51.1 Å². The van der Waals surface area contributed by atoms with E-state index in [4.69, 9.17) is 0 Å². The first-order valence-corrected chi connectivity index (χ1v) is 8.37. The normalized spacial score (nSPS) is 21.2. The second-order valence-corrected chi connectivity index (χ2v) is 6.07. The van der Waals surface area contributed by atoms with Gasteiger partial charge in [0.1, 0.15) is 0 Å². The molecule has 2 unspecified atom stereocenters. The Labute approximate surface area is 116 Å². The van der Waals surface area contributed by atoms with Crippen molar-refractivity contribution >= 4 is 11.8 Å². The number of aliphatic hydroxyl groups excluding tert-OH is 1. The van der Waals surface area contributed by atoms with Gasteiger partial charge >= 0.3 is 0 Å². The van der Waals surface area contributed by atoms with E-state index in [0.29, 0.717) is 6.04 Å². The maximum atomic E-state index is 10.2. The number of nitrogens with one attached hydrogen (secondary N) is 1. The summed E-state index contributed by atoms with van der Waals surface area (Å²) in [4.78, 5) is 4.66. The molecule has 2 atom stereocenters. The lowest BCUT2D eigenvalue weighted by atomic mass is 10.2. The Bertz CT molecular complexity index is 212. The largest absolute Gasteiger partial charge is 0.390 e. The van der Waals surface area contributed by atoms with Crippen LogP contribution in [0.15, 0.2) is 0 Å². The van der Waals surface area contributed by atoms with E-state index in [1.54, 1.807) is 0 Å². The van der Waals surface area contributed by atoms with Gasteiger partial charge in [-0.2, -0.15) is 11.8 Å². The van der Waals surface area contributed by atoms with E-state index in [-0.39, 0.29) is 6.10 Å². The summed E-state index contributed by atoms with van der Waals surface area (Å²) in [5, 5.41) is 13.5. The van der Waals surface area contributed by atoms with Gasteiger partial charge in [-0.15, -0.1) is 0 Å². The van der Waals surface area contributed by atoms with Gasteiger partial charge in [0.15, 0.2) is 0 Å². The summed E-state index contributed by atoms with van der Waals surface area (Å²) >= 11 is 1.88. The number of likely N-dealkylation sites (N-methyl/N-ethyl adjacent to an activating group) is 1. The minimum Gasteiger partial charge on any atom is -0.390 e. The Morgan fingerprint density at radius 1 is 1.39 bits per heavy atom. The number of piperazine rings is 1. The second-order valence-electron chi connectivity index (χ2n) is 5.16. The van der Waals surface area contributed by atoms with Crippen LogP contribution in [0.25, 0.3) is 0 Å². The van der Waals surface area contributed by atoms with Crippen molar-refractivity contribution in [3.63, 3.8) is 0 Å². The Balaban J connectivity index is 2.26. The standard InChI is InChI=1S/C13H29N3OS/c1-4-12(11-18-3)15(2)9-13(17)10-16-7-5-14-6-8-16/h12-14,17H,4-11H2,1-3H3. The van der Waals surface area contributed by atoms with Crippen LogP contribution in [0.4, 0.5) is 0 Å². The number of thioether (sulfide) groups is 1. The molecule has 0 amide bonds. The molecule has 1 fully saturated rings. The molecule has 2 N–H and O–H groups in total. The molecule has 0 bridgehead atoms. The highest BCUT2D eigenvalue weighted by molar-refractivity contribution is 7.98. The average molecular weight is 275 g/mol. The van der Waals surface area contributed by atoms with Crippen LogP contribution in [-0.4, -0.2) is 85.4 Å². The average Bonchev–Trinajstić information content (AvgIpc) is 2.36. The van der Waals surface area contributed by atoms with E-state index in [9.17, 15) is 5.11 Å². The zero-order valence-electron chi connectivity index (χ0n) is 12.1. The molecule has 18 heavy (non-hydrogen) atoms. The number of aliphatic hydroxyl groups is 1. The van der Waals surface area contributed by atoms with Crippen molar-refractivity contribution in [2.75, 3.05) is 58.3 Å². The minimum atomic E-state index is -0.232. The Hall–Kier alpha value is 0.190. The Morgan fingerprint density at radius 2 is 2.06 bits per heavy atom. The molecule has 0 spiro atoms. The first-order chi connectivity index (χ1) is 8.67. The summed E-state index contributed by atoms with van der Waals surface area (Å²) in [5.74, 6) is 1.15. The Kier molecular flexibility index (Phi) is 8.26. The molecule has 0 aliphatic carbocycles. The molecule has 1 aliphatic rings. The van der Waals surface area contributed by atoms with Crippen molar-refractivity contribution in [2.24, 2.45) is 0 Å². The fourth-order valence-electron chi connectivity index (χ4n) is 2.48. The van der Waals surface area contributed by atoms with Crippen LogP contribution in [0, 0.1) is 0 Å². The predicted molar refractivity (Wildman–Crippen MR) is 80.4 cm³/mol. The van der Waals surface area contributed by atoms with Crippen molar-refractivity contribution in [2.45, 2.75) is 25.5 Å². The third-order valence-electron chi connectivity index (χ3n) is 3.63. The predicted octanol–water partition coefficient (Wildman–Crippen LogP) is 0.326. The van der Waals surface area contributed by atoms with Crippen molar-refractivity contribution in [1.29, 1.82) is 0 Å². The molecule has 1 rings (SSSR count). The molecule has 1 aliphatic heterocycles. The lowest BCUT2D eigenvalue weighted by Crippen LogP contribution is -2.49. The fraction of sp³-hybridized carbons (Fsp3) is 1.00. The summed E-state index contributed by atoms with van der Waals surface area (Å²) in [6.07, 6.45) is 3.06. The molecule has 0 aromatic heterocycles. The van der Waals surface area contributed by atoms with Crippen LogP contribution in [0.1, 0.15) is 13.3 Å². The van der Waals surface area contributed by atoms with Crippen molar-refractivity contribution in [3.05, 3.63) is 0 Å². The van der Waals surface area contributed by atoms with Crippen LogP contribution in [0.2, 0.25) is 0 Å². The molecule has 4 nitrogen and oxygen atoms in total. The number of hydrogen-bond donors (Lipinski definition) is 2. The lowest BCUT2D eigenvalue weighted by molar-refractivity contribution is 0.0669. The summed E-state index contributed by atoms with van der Waals surface area (Å²) in [6, 6.07) is 0.581. The molecule has 1 heterocycles. The van der Waals surface area contributed by atoms with Crippen LogP contribution in [0.3, 0.4) is 0 Å². The summed E-state index contributed by atoms with van der Waals surface area (Å²) < 4.78 is 0. The van der Waals surface area contributed by atoms with Gasteiger partial charge in [-0.1, -0.05) is 6.92 Å². The van der Waals surface area contributed by atoms with Crippen molar-refractivity contribution < 1.29 is 5.11 Å².